The summed E-state index contributed by atoms with van der Waals surface area (Å²) >= 11 is 1.67. The highest BCUT2D eigenvalue weighted by Gasteiger charge is 2.26. The van der Waals surface area contributed by atoms with Crippen LogP contribution in [-0.4, -0.2) is 16.4 Å². The lowest BCUT2D eigenvalue weighted by atomic mass is 10.0. The molecule has 1 aromatic carbocycles. The second-order valence-corrected chi connectivity index (χ2v) is 6.05. The molecule has 0 saturated carbocycles. The number of carbonyl (C=O) groups is 1. The van der Waals surface area contributed by atoms with E-state index in [1.54, 1.807) is 18.0 Å². The minimum absolute atomic E-state index is 0.0725. The zero-order valence-electron chi connectivity index (χ0n) is 11.5. The standard InChI is InChI=1S/C16H17N3OS/c20-15-9-14(13-6-2-1-3-7-13)18-16(19-15)21-11-12-5-4-8-17-10-12/h1-8,10,14,16,18H,9,11H2,(H,19,20). The van der Waals surface area contributed by atoms with Gasteiger partial charge in [-0.05, 0) is 17.2 Å². The van der Waals surface area contributed by atoms with Gasteiger partial charge in [0.1, 0.15) is 5.50 Å². The molecule has 1 aliphatic rings. The Hall–Kier alpha value is -1.85. The first-order valence-electron chi connectivity index (χ1n) is 6.92. The zero-order valence-corrected chi connectivity index (χ0v) is 12.3. The second-order valence-electron chi connectivity index (χ2n) is 4.95. The highest BCUT2D eigenvalue weighted by Crippen LogP contribution is 2.24. The molecule has 2 atom stereocenters. The van der Waals surface area contributed by atoms with Crippen LogP contribution in [0.1, 0.15) is 23.6 Å². The number of hydrogen-bond acceptors (Lipinski definition) is 4. The Labute approximate surface area is 128 Å². The van der Waals surface area contributed by atoms with E-state index >= 15 is 0 Å². The van der Waals surface area contributed by atoms with Crippen molar-refractivity contribution >= 4 is 17.7 Å². The molecule has 2 aromatic rings. The molecule has 3 rings (SSSR count). The lowest BCUT2D eigenvalue weighted by Gasteiger charge is -2.31. The lowest BCUT2D eigenvalue weighted by Crippen LogP contribution is -2.50. The Morgan fingerprint density at radius 2 is 2.05 bits per heavy atom. The molecule has 1 fully saturated rings. The topological polar surface area (TPSA) is 54.0 Å². The molecule has 0 radical (unpaired) electrons. The number of pyridine rings is 1. The summed E-state index contributed by atoms with van der Waals surface area (Å²) in [5, 5.41) is 6.46. The van der Waals surface area contributed by atoms with E-state index < -0.39 is 0 Å². The Bertz CT molecular complexity index is 591. The summed E-state index contributed by atoms with van der Waals surface area (Å²) in [6.45, 7) is 0. The van der Waals surface area contributed by atoms with Gasteiger partial charge in [-0.1, -0.05) is 36.4 Å². The maximum atomic E-state index is 11.9. The summed E-state index contributed by atoms with van der Waals surface area (Å²) in [6, 6.07) is 14.1. The first-order chi connectivity index (χ1) is 10.3. The van der Waals surface area contributed by atoms with Gasteiger partial charge < -0.3 is 5.32 Å². The van der Waals surface area contributed by atoms with Gasteiger partial charge >= 0.3 is 0 Å². The maximum Gasteiger partial charge on any atom is 0.223 e. The van der Waals surface area contributed by atoms with E-state index in [-0.39, 0.29) is 17.4 Å². The SMILES string of the molecule is O=C1CC(c2ccccc2)NC(SCc2cccnc2)N1. The van der Waals surface area contributed by atoms with E-state index in [0.29, 0.717) is 6.42 Å². The van der Waals surface area contributed by atoms with Gasteiger partial charge in [0.2, 0.25) is 5.91 Å². The summed E-state index contributed by atoms with van der Waals surface area (Å²) in [6.07, 6.45) is 4.10. The summed E-state index contributed by atoms with van der Waals surface area (Å²) in [4.78, 5) is 16.0. The van der Waals surface area contributed by atoms with E-state index in [4.69, 9.17) is 0 Å². The number of aromatic nitrogens is 1. The van der Waals surface area contributed by atoms with Crippen molar-refractivity contribution in [2.24, 2.45) is 0 Å². The third-order valence-corrected chi connectivity index (χ3v) is 4.46. The van der Waals surface area contributed by atoms with Crippen LogP contribution in [0.3, 0.4) is 0 Å². The highest BCUT2D eigenvalue weighted by molar-refractivity contribution is 7.99. The van der Waals surface area contributed by atoms with Crippen molar-refractivity contribution in [3.8, 4) is 0 Å². The minimum atomic E-state index is -0.0725. The molecule has 2 unspecified atom stereocenters. The van der Waals surface area contributed by atoms with E-state index in [0.717, 1.165) is 16.9 Å². The predicted octanol–water partition coefficient (Wildman–Crippen LogP) is 2.45. The molecule has 0 aliphatic carbocycles. The molecule has 2 N–H and O–H groups in total. The van der Waals surface area contributed by atoms with Crippen LogP contribution < -0.4 is 10.6 Å². The molecule has 5 heteroatoms. The van der Waals surface area contributed by atoms with E-state index in [9.17, 15) is 4.79 Å². The Kier molecular flexibility index (Phi) is 4.52. The fourth-order valence-electron chi connectivity index (χ4n) is 2.33. The van der Waals surface area contributed by atoms with Crippen molar-refractivity contribution in [2.75, 3.05) is 0 Å². The molecule has 108 valence electrons. The summed E-state index contributed by atoms with van der Waals surface area (Å²) in [7, 11) is 0. The molecule has 1 saturated heterocycles. The number of thioether (sulfide) groups is 1. The van der Waals surface area contributed by atoms with Gasteiger partial charge in [0.25, 0.3) is 0 Å². The van der Waals surface area contributed by atoms with Crippen molar-refractivity contribution in [1.82, 2.24) is 15.6 Å². The highest BCUT2D eigenvalue weighted by atomic mass is 32.2. The fraction of sp³-hybridized carbons (Fsp3) is 0.250. The van der Waals surface area contributed by atoms with Crippen LogP contribution >= 0.6 is 11.8 Å². The largest absolute Gasteiger partial charge is 0.332 e. The molecular weight excluding hydrogens is 282 g/mol. The number of rotatable bonds is 4. The number of hydrogen-bond donors (Lipinski definition) is 2. The van der Waals surface area contributed by atoms with Gasteiger partial charge in [-0.3, -0.25) is 15.1 Å². The maximum absolute atomic E-state index is 11.9. The molecule has 4 nitrogen and oxygen atoms in total. The quantitative estimate of drug-likeness (QED) is 0.910. The average Bonchev–Trinajstić information content (AvgIpc) is 2.54. The summed E-state index contributed by atoms with van der Waals surface area (Å²) in [5.41, 5.74) is 2.23. The van der Waals surface area contributed by atoms with Gasteiger partial charge in [-0.2, -0.15) is 0 Å². The molecule has 0 spiro atoms. The van der Waals surface area contributed by atoms with Crippen molar-refractivity contribution in [1.29, 1.82) is 0 Å². The Balaban J connectivity index is 1.62. The fourth-order valence-corrected chi connectivity index (χ4v) is 3.33. The van der Waals surface area contributed by atoms with Crippen LogP contribution in [0, 0.1) is 0 Å². The second kappa shape index (κ2) is 6.74. The number of amides is 1. The van der Waals surface area contributed by atoms with Gasteiger partial charge in [-0.25, -0.2) is 0 Å². The van der Waals surface area contributed by atoms with Gasteiger partial charge in [0.05, 0.1) is 0 Å². The van der Waals surface area contributed by atoms with Crippen LogP contribution in [0.25, 0.3) is 0 Å². The first-order valence-corrected chi connectivity index (χ1v) is 7.97. The lowest BCUT2D eigenvalue weighted by molar-refractivity contribution is -0.123. The summed E-state index contributed by atoms with van der Waals surface area (Å²) in [5.74, 6) is 0.902. The molecule has 21 heavy (non-hydrogen) atoms. The van der Waals surface area contributed by atoms with Gasteiger partial charge in [-0.15, -0.1) is 11.8 Å². The van der Waals surface area contributed by atoms with E-state index in [2.05, 4.69) is 27.8 Å². The van der Waals surface area contributed by atoms with Crippen molar-refractivity contribution in [3.05, 3.63) is 66.0 Å². The van der Waals surface area contributed by atoms with Crippen LogP contribution in [0.2, 0.25) is 0 Å². The van der Waals surface area contributed by atoms with E-state index in [1.165, 1.54) is 0 Å². The van der Waals surface area contributed by atoms with Gasteiger partial charge in [0.15, 0.2) is 0 Å². The molecule has 1 aliphatic heterocycles. The number of benzene rings is 1. The monoisotopic (exact) mass is 299 g/mol. The van der Waals surface area contributed by atoms with Crippen LogP contribution in [-0.2, 0) is 10.5 Å². The third kappa shape index (κ3) is 3.83. The van der Waals surface area contributed by atoms with Crippen molar-refractivity contribution < 1.29 is 4.79 Å². The zero-order chi connectivity index (χ0) is 14.5. The summed E-state index contributed by atoms with van der Waals surface area (Å²) < 4.78 is 0. The van der Waals surface area contributed by atoms with Crippen molar-refractivity contribution in [2.45, 2.75) is 23.7 Å². The molecule has 0 bridgehead atoms. The third-order valence-electron chi connectivity index (χ3n) is 3.38. The molecule has 2 heterocycles. The molecule has 1 aromatic heterocycles. The molecular formula is C16H17N3OS. The smallest absolute Gasteiger partial charge is 0.223 e. The number of carbonyl (C=O) groups excluding carboxylic acids is 1. The van der Waals surface area contributed by atoms with E-state index in [1.807, 2.05) is 36.5 Å². The number of nitrogens with one attached hydrogen (secondary N) is 2. The average molecular weight is 299 g/mol. The Morgan fingerprint density at radius 3 is 2.81 bits per heavy atom. The van der Waals surface area contributed by atoms with Crippen LogP contribution in [0.15, 0.2) is 54.9 Å². The predicted molar refractivity (Wildman–Crippen MR) is 84.4 cm³/mol. The van der Waals surface area contributed by atoms with Crippen LogP contribution in [0.5, 0.6) is 0 Å². The first kappa shape index (κ1) is 14.1. The Morgan fingerprint density at radius 1 is 1.19 bits per heavy atom. The normalized spacial score (nSPS) is 21.8. The van der Waals surface area contributed by atoms with Gasteiger partial charge in [0, 0.05) is 30.6 Å². The molecule has 1 amide bonds. The number of nitrogens with zero attached hydrogens (tertiary/aromatic N) is 1. The van der Waals surface area contributed by atoms with Crippen LogP contribution in [0.4, 0.5) is 0 Å². The minimum Gasteiger partial charge on any atom is -0.332 e. The van der Waals surface area contributed by atoms with Crippen molar-refractivity contribution in [3.63, 3.8) is 0 Å².